The summed E-state index contributed by atoms with van der Waals surface area (Å²) in [6.45, 7) is 5.85. The first kappa shape index (κ1) is 18.2. The third-order valence-corrected chi connectivity index (χ3v) is 4.13. The number of nitrogens with zero attached hydrogens (tertiary/aromatic N) is 2. The van der Waals surface area contributed by atoms with Crippen LogP contribution in [0.25, 0.3) is 0 Å². The number of aromatic nitrogens is 2. The second-order valence-electron chi connectivity index (χ2n) is 5.92. The van der Waals surface area contributed by atoms with Gasteiger partial charge >= 0.3 is 0 Å². The fraction of sp³-hybridized carbons (Fsp3) is 0.375. The number of anilines is 1. The van der Waals surface area contributed by atoms with Crippen molar-refractivity contribution in [3.63, 3.8) is 0 Å². The maximum Gasteiger partial charge on any atom is 0.243 e. The zero-order valence-corrected chi connectivity index (χ0v) is 15.0. The second-order valence-corrected chi connectivity index (χ2v) is 7.70. The van der Waals surface area contributed by atoms with E-state index in [1.54, 1.807) is 10.7 Å². The van der Waals surface area contributed by atoms with E-state index < -0.39 is 22.0 Å². The van der Waals surface area contributed by atoms with Gasteiger partial charge in [-0.15, -0.1) is 0 Å². The Morgan fingerprint density at radius 2 is 2.00 bits per heavy atom. The van der Waals surface area contributed by atoms with Crippen LogP contribution in [0.4, 0.5) is 5.82 Å². The van der Waals surface area contributed by atoms with Crippen molar-refractivity contribution in [2.75, 3.05) is 11.6 Å². The van der Waals surface area contributed by atoms with Crippen LogP contribution in [-0.2, 0) is 21.4 Å². The van der Waals surface area contributed by atoms with E-state index in [4.69, 9.17) is 0 Å². The lowest BCUT2D eigenvalue weighted by Gasteiger charge is -2.14. The first-order valence-electron chi connectivity index (χ1n) is 7.52. The molecule has 0 unspecified atom stereocenters. The number of benzene rings is 1. The molecule has 1 aromatic carbocycles. The number of aryl methyl sites for hydroxylation is 2. The number of nitrogens with one attached hydrogen (secondary N) is 2. The van der Waals surface area contributed by atoms with Gasteiger partial charge in [0, 0.05) is 6.07 Å². The molecular weight excluding hydrogens is 328 g/mol. The summed E-state index contributed by atoms with van der Waals surface area (Å²) in [5.74, 6) is 0.0898. The monoisotopic (exact) mass is 350 g/mol. The molecule has 0 radical (unpaired) electrons. The van der Waals surface area contributed by atoms with E-state index in [1.165, 1.54) is 6.92 Å². The zero-order valence-electron chi connectivity index (χ0n) is 14.2. The van der Waals surface area contributed by atoms with E-state index in [0.29, 0.717) is 12.4 Å². The maximum atomic E-state index is 12.2. The van der Waals surface area contributed by atoms with Crippen molar-refractivity contribution < 1.29 is 13.2 Å². The molecule has 2 rings (SSSR count). The summed E-state index contributed by atoms with van der Waals surface area (Å²) in [7, 11) is -3.45. The Kier molecular flexibility index (Phi) is 5.40. The Morgan fingerprint density at radius 1 is 1.29 bits per heavy atom. The summed E-state index contributed by atoms with van der Waals surface area (Å²) in [4.78, 5) is 12.2. The SMILES string of the molecule is Cc1cccc(Cn2nc(C)cc2NC(=O)[C@H](C)NS(C)(=O)=O)c1. The van der Waals surface area contributed by atoms with Crippen LogP contribution in [0.15, 0.2) is 30.3 Å². The van der Waals surface area contributed by atoms with Crippen LogP contribution < -0.4 is 10.0 Å². The largest absolute Gasteiger partial charge is 0.310 e. The zero-order chi connectivity index (χ0) is 17.9. The number of carbonyl (C=O) groups is 1. The number of sulfonamides is 1. The number of hydrogen-bond donors (Lipinski definition) is 2. The third kappa shape index (κ3) is 5.17. The minimum atomic E-state index is -3.45. The molecule has 0 saturated heterocycles. The second kappa shape index (κ2) is 7.14. The van der Waals surface area contributed by atoms with Crippen LogP contribution >= 0.6 is 0 Å². The topological polar surface area (TPSA) is 93.1 Å². The fourth-order valence-corrected chi connectivity index (χ4v) is 3.11. The number of hydrogen-bond acceptors (Lipinski definition) is 4. The Balaban J connectivity index is 2.15. The van der Waals surface area contributed by atoms with Gasteiger partial charge < -0.3 is 5.32 Å². The molecule has 2 N–H and O–H groups in total. The van der Waals surface area contributed by atoms with Gasteiger partial charge in [0.15, 0.2) is 0 Å². The molecule has 0 fully saturated rings. The minimum absolute atomic E-state index is 0.439. The van der Waals surface area contributed by atoms with E-state index in [9.17, 15) is 13.2 Å². The average Bonchev–Trinajstić information content (AvgIpc) is 2.76. The molecular formula is C16H22N4O3S. The molecule has 8 heteroatoms. The Labute approximate surface area is 142 Å². The van der Waals surface area contributed by atoms with Crippen molar-refractivity contribution in [3.8, 4) is 0 Å². The van der Waals surface area contributed by atoms with Gasteiger partial charge in [-0.05, 0) is 26.3 Å². The normalized spacial score (nSPS) is 12.8. The van der Waals surface area contributed by atoms with Crippen LogP contribution in [0.2, 0.25) is 0 Å². The van der Waals surface area contributed by atoms with Crippen molar-refractivity contribution in [2.45, 2.75) is 33.4 Å². The summed E-state index contributed by atoms with van der Waals surface area (Å²) in [6, 6.07) is 8.90. The molecule has 130 valence electrons. The maximum absolute atomic E-state index is 12.2. The van der Waals surface area contributed by atoms with Gasteiger partial charge in [0.1, 0.15) is 5.82 Å². The van der Waals surface area contributed by atoms with Crippen LogP contribution in [0, 0.1) is 13.8 Å². The highest BCUT2D eigenvalue weighted by atomic mass is 32.2. The van der Waals surface area contributed by atoms with Crippen LogP contribution in [-0.4, -0.2) is 36.4 Å². The van der Waals surface area contributed by atoms with Crippen LogP contribution in [0.3, 0.4) is 0 Å². The van der Waals surface area contributed by atoms with Crippen molar-refractivity contribution in [1.82, 2.24) is 14.5 Å². The highest BCUT2D eigenvalue weighted by Crippen LogP contribution is 2.14. The molecule has 1 heterocycles. The van der Waals surface area contributed by atoms with Gasteiger partial charge in [-0.3, -0.25) is 4.79 Å². The Bertz CT molecular complexity index is 843. The highest BCUT2D eigenvalue weighted by molar-refractivity contribution is 7.88. The smallest absolute Gasteiger partial charge is 0.243 e. The molecule has 1 amide bonds. The van der Waals surface area contributed by atoms with Crippen molar-refractivity contribution >= 4 is 21.7 Å². The molecule has 24 heavy (non-hydrogen) atoms. The van der Waals surface area contributed by atoms with Crippen LogP contribution in [0.5, 0.6) is 0 Å². The van der Waals surface area contributed by atoms with E-state index in [2.05, 4.69) is 21.2 Å². The predicted molar refractivity (Wildman–Crippen MR) is 93.3 cm³/mol. The van der Waals surface area contributed by atoms with E-state index in [0.717, 1.165) is 23.1 Å². The van der Waals surface area contributed by atoms with Crippen molar-refractivity contribution in [3.05, 3.63) is 47.2 Å². The molecule has 2 aromatic rings. The van der Waals surface area contributed by atoms with E-state index >= 15 is 0 Å². The minimum Gasteiger partial charge on any atom is -0.310 e. The van der Waals surface area contributed by atoms with E-state index in [1.807, 2.05) is 32.0 Å². The average molecular weight is 350 g/mol. The van der Waals surface area contributed by atoms with Gasteiger partial charge in [-0.1, -0.05) is 29.8 Å². The third-order valence-electron chi connectivity index (χ3n) is 3.35. The number of rotatable bonds is 6. The summed E-state index contributed by atoms with van der Waals surface area (Å²) >= 11 is 0. The lowest BCUT2D eigenvalue weighted by molar-refractivity contribution is -0.117. The van der Waals surface area contributed by atoms with Gasteiger partial charge in [-0.25, -0.2) is 17.8 Å². The number of carbonyl (C=O) groups excluding carboxylic acids is 1. The Hall–Kier alpha value is -2.19. The molecule has 0 bridgehead atoms. The van der Waals surface area contributed by atoms with Crippen molar-refractivity contribution in [1.29, 1.82) is 0 Å². The quantitative estimate of drug-likeness (QED) is 0.824. The molecule has 0 aliphatic rings. The molecule has 7 nitrogen and oxygen atoms in total. The molecule has 1 aromatic heterocycles. The predicted octanol–water partition coefficient (Wildman–Crippen LogP) is 1.42. The molecule has 0 spiro atoms. The van der Waals surface area contributed by atoms with Gasteiger partial charge in [-0.2, -0.15) is 5.10 Å². The highest BCUT2D eigenvalue weighted by Gasteiger charge is 2.19. The fourth-order valence-electron chi connectivity index (χ4n) is 2.36. The standard InChI is InChI=1S/C16H22N4O3S/c1-11-6-5-7-14(8-11)10-20-15(9-12(2)18-20)17-16(21)13(3)19-24(4,22)23/h5-9,13,19H,10H2,1-4H3,(H,17,21)/t13-/m0/s1. The van der Waals surface area contributed by atoms with Crippen LogP contribution in [0.1, 0.15) is 23.7 Å². The summed E-state index contributed by atoms with van der Waals surface area (Å²) in [5.41, 5.74) is 2.98. The summed E-state index contributed by atoms with van der Waals surface area (Å²) in [5, 5.41) is 7.11. The first-order chi connectivity index (χ1) is 11.1. The summed E-state index contributed by atoms with van der Waals surface area (Å²) in [6.07, 6.45) is 1.02. The molecule has 1 atom stereocenters. The first-order valence-corrected chi connectivity index (χ1v) is 9.41. The van der Waals surface area contributed by atoms with Gasteiger partial charge in [0.2, 0.25) is 15.9 Å². The van der Waals surface area contributed by atoms with Gasteiger partial charge in [0.25, 0.3) is 0 Å². The summed E-state index contributed by atoms with van der Waals surface area (Å²) < 4.78 is 26.4. The van der Waals surface area contributed by atoms with Crippen molar-refractivity contribution in [2.24, 2.45) is 0 Å². The lowest BCUT2D eigenvalue weighted by Crippen LogP contribution is -2.41. The molecule has 0 aliphatic heterocycles. The molecule has 0 aliphatic carbocycles. The molecule has 0 saturated carbocycles. The van der Waals surface area contributed by atoms with E-state index in [-0.39, 0.29) is 0 Å². The number of amides is 1. The lowest BCUT2D eigenvalue weighted by atomic mass is 10.1. The van der Waals surface area contributed by atoms with Gasteiger partial charge in [0.05, 0.1) is 24.5 Å². The Morgan fingerprint density at radius 3 is 2.62 bits per heavy atom.